The molecule has 28 heavy (non-hydrogen) atoms. The minimum Gasteiger partial charge on any atom is -0.338 e. The number of carbonyl (C=O) groups excluding carboxylic acids is 1. The van der Waals surface area contributed by atoms with E-state index in [2.05, 4.69) is 24.9 Å². The number of amides is 1. The molecule has 3 aromatic rings. The average Bonchev–Trinajstić information content (AvgIpc) is 3.13. The van der Waals surface area contributed by atoms with Crippen LogP contribution in [0.2, 0.25) is 0 Å². The number of hydrogen-bond donors (Lipinski definition) is 0. The molecular weight excluding hydrogens is 354 g/mol. The van der Waals surface area contributed by atoms with E-state index in [1.807, 2.05) is 42.6 Å². The van der Waals surface area contributed by atoms with Gasteiger partial charge in [-0.1, -0.05) is 0 Å². The van der Waals surface area contributed by atoms with E-state index in [-0.39, 0.29) is 5.91 Å². The maximum Gasteiger partial charge on any atom is 0.257 e. The largest absolute Gasteiger partial charge is 0.338 e. The van der Waals surface area contributed by atoms with E-state index < -0.39 is 0 Å². The van der Waals surface area contributed by atoms with Gasteiger partial charge in [0.05, 0.1) is 11.3 Å². The van der Waals surface area contributed by atoms with Gasteiger partial charge in [0.15, 0.2) is 5.82 Å². The molecule has 0 radical (unpaired) electrons. The number of aromatic nitrogens is 6. The standard InChI is InChI=1S/C20H23N7O/c1-13-16(11-21-12-23-13)20(28)27-7-4-15(5-8-27)17-10-18(25-14(2)24-17)19-22-6-9-26(19)3/h6,9-12,15H,4-5,7-8H2,1-3H3. The molecule has 0 N–H and O–H groups in total. The van der Waals surface area contributed by atoms with Crippen molar-refractivity contribution in [2.24, 2.45) is 7.05 Å². The van der Waals surface area contributed by atoms with Gasteiger partial charge in [-0.3, -0.25) is 4.79 Å². The first kappa shape index (κ1) is 18.2. The van der Waals surface area contributed by atoms with Crippen LogP contribution in [0.4, 0.5) is 0 Å². The Balaban J connectivity index is 1.50. The van der Waals surface area contributed by atoms with E-state index >= 15 is 0 Å². The lowest BCUT2D eigenvalue weighted by atomic mass is 9.92. The third-order valence-corrected chi connectivity index (χ3v) is 5.25. The van der Waals surface area contributed by atoms with Crippen molar-refractivity contribution in [2.45, 2.75) is 32.6 Å². The third-order valence-electron chi connectivity index (χ3n) is 5.25. The highest BCUT2D eigenvalue weighted by Crippen LogP contribution is 2.29. The second-order valence-electron chi connectivity index (χ2n) is 7.18. The van der Waals surface area contributed by atoms with Crippen molar-refractivity contribution in [3.05, 3.63) is 53.8 Å². The van der Waals surface area contributed by atoms with Gasteiger partial charge >= 0.3 is 0 Å². The molecule has 1 aliphatic heterocycles. The van der Waals surface area contributed by atoms with E-state index in [9.17, 15) is 4.79 Å². The summed E-state index contributed by atoms with van der Waals surface area (Å²) in [6, 6.07) is 2.03. The van der Waals surface area contributed by atoms with Gasteiger partial charge < -0.3 is 9.47 Å². The SMILES string of the molecule is Cc1nc(-c2nccn2C)cc(C2CCN(C(=O)c3cncnc3C)CC2)n1. The molecule has 0 spiro atoms. The number of carbonyl (C=O) groups is 1. The van der Waals surface area contributed by atoms with Gasteiger partial charge in [0.25, 0.3) is 5.91 Å². The van der Waals surface area contributed by atoms with Crippen LogP contribution in [0.5, 0.6) is 0 Å². The van der Waals surface area contributed by atoms with E-state index in [0.717, 1.165) is 35.9 Å². The molecule has 1 fully saturated rings. The first-order valence-corrected chi connectivity index (χ1v) is 9.42. The number of hydrogen-bond acceptors (Lipinski definition) is 6. The van der Waals surface area contributed by atoms with Crippen LogP contribution in [0.3, 0.4) is 0 Å². The molecule has 1 amide bonds. The van der Waals surface area contributed by atoms with Crippen molar-refractivity contribution in [1.29, 1.82) is 0 Å². The monoisotopic (exact) mass is 377 g/mol. The second kappa shape index (κ2) is 7.46. The second-order valence-corrected chi connectivity index (χ2v) is 7.18. The quantitative estimate of drug-likeness (QED) is 0.696. The topological polar surface area (TPSA) is 89.7 Å². The Morgan fingerprint density at radius 2 is 1.93 bits per heavy atom. The summed E-state index contributed by atoms with van der Waals surface area (Å²) in [6.07, 6.45) is 8.49. The molecule has 1 aliphatic rings. The van der Waals surface area contributed by atoms with Crippen LogP contribution in [-0.2, 0) is 7.05 Å². The van der Waals surface area contributed by atoms with Crippen LogP contribution in [0.15, 0.2) is 31.0 Å². The van der Waals surface area contributed by atoms with Gasteiger partial charge in [0, 0.05) is 50.3 Å². The summed E-state index contributed by atoms with van der Waals surface area (Å²) in [5, 5.41) is 0. The lowest BCUT2D eigenvalue weighted by molar-refractivity contribution is 0.0710. The molecule has 0 saturated carbocycles. The molecule has 144 valence electrons. The Labute approximate surface area is 163 Å². The summed E-state index contributed by atoms with van der Waals surface area (Å²) in [5.74, 6) is 1.88. The van der Waals surface area contributed by atoms with E-state index in [1.54, 1.807) is 12.4 Å². The van der Waals surface area contributed by atoms with Crippen molar-refractivity contribution >= 4 is 5.91 Å². The van der Waals surface area contributed by atoms with E-state index in [1.165, 1.54) is 6.33 Å². The summed E-state index contributed by atoms with van der Waals surface area (Å²) in [5.41, 5.74) is 3.16. The molecular formula is C20H23N7O. The molecule has 0 bridgehead atoms. The van der Waals surface area contributed by atoms with E-state index in [4.69, 9.17) is 0 Å². The van der Waals surface area contributed by atoms with Gasteiger partial charge in [0.1, 0.15) is 17.8 Å². The van der Waals surface area contributed by atoms with Crippen LogP contribution < -0.4 is 0 Å². The Kier molecular flexibility index (Phi) is 4.85. The van der Waals surface area contributed by atoms with Gasteiger partial charge in [0.2, 0.25) is 0 Å². The van der Waals surface area contributed by atoms with Crippen molar-refractivity contribution in [2.75, 3.05) is 13.1 Å². The van der Waals surface area contributed by atoms with Gasteiger partial charge in [-0.05, 0) is 32.8 Å². The minimum absolute atomic E-state index is 0.00381. The Morgan fingerprint density at radius 3 is 2.61 bits per heavy atom. The Hall–Kier alpha value is -3.16. The molecule has 0 aromatic carbocycles. The van der Waals surface area contributed by atoms with Crippen molar-refractivity contribution in [3.63, 3.8) is 0 Å². The van der Waals surface area contributed by atoms with Crippen molar-refractivity contribution < 1.29 is 4.79 Å². The zero-order valence-electron chi connectivity index (χ0n) is 16.3. The van der Waals surface area contributed by atoms with Gasteiger partial charge in [-0.2, -0.15) is 0 Å². The van der Waals surface area contributed by atoms with Crippen LogP contribution >= 0.6 is 0 Å². The third kappa shape index (κ3) is 3.49. The van der Waals surface area contributed by atoms with Crippen LogP contribution in [0, 0.1) is 13.8 Å². The first-order valence-electron chi connectivity index (χ1n) is 9.42. The summed E-state index contributed by atoms with van der Waals surface area (Å²) in [7, 11) is 1.96. The van der Waals surface area contributed by atoms with Crippen LogP contribution in [0.1, 0.15) is 46.3 Å². The Bertz CT molecular complexity index is 1010. The zero-order chi connectivity index (χ0) is 19.7. The predicted molar refractivity (Wildman–Crippen MR) is 104 cm³/mol. The highest BCUT2D eigenvalue weighted by Gasteiger charge is 2.27. The molecule has 8 heteroatoms. The average molecular weight is 377 g/mol. The minimum atomic E-state index is 0.00381. The number of imidazole rings is 1. The van der Waals surface area contributed by atoms with Gasteiger partial charge in [-0.15, -0.1) is 0 Å². The molecule has 0 unspecified atom stereocenters. The number of nitrogens with zero attached hydrogens (tertiary/aromatic N) is 7. The van der Waals surface area contributed by atoms with Gasteiger partial charge in [-0.25, -0.2) is 24.9 Å². The number of piperidine rings is 1. The molecule has 1 saturated heterocycles. The Morgan fingerprint density at radius 1 is 1.14 bits per heavy atom. The molecule has 0 aliphatic carbocycles. The van der Waals surface area contributed by atoms with Crippen LogP contribution in [0.25, 0.3) is 11.5 Å². The number of likely N-dealkylation sites (tertiary alicyclic amines) is 1. The van der Waals surface area contributed by atoms with E-state index in [0.29, 0.717) is 30.3 Å². The normalized spacial score (nSPS) is 15.0. The molecule has 0 atom stereocenters. The fourth-order valence-electron chi connectivity index (χ4n) is 3.68. The fourth-order valence-corrected chi connectivity index (χ4v) is 3.68. The number of aryl methyl sites for hydroxylation is 3. The highest BCUT2D eigenvalue weighted by molar-refractivity contribution is 5.94. The molecule has 3 aromatic heterocycles. The molecule has 4 rings (SSSR count). The number of rotatable bonds is 3. The first-order chi connectivity index (χ1) is 13.5. The highest BCUT2D eigenvalue weighted by atomic mass is 16.2. The lowest BCUT2D eigenvalue weighted by Gasteiger charge is -2.32. The predicted octanol–water partition coefficient (Wildman–Crippen LogP) is 2.30. The molecule has 4 heterocycles. The lowest BCUT2D eigenvalue weighted by Crippen LogP contribution is -2.38. The summed E-state index contributed by atoms with van der Waals surface area (Å²) in [4.78, 5) is 36.4. The van der Waals surface area contributed by atoms with Crippen LogP contribution in [-0.4, -0.2) is 53.4 Å². The molecule has 8 nitrogen and oxygen atoms in total. The maximum absolute atomic E-state index is 12.8. The summed E-state index contributed by atoms with van der Waals surface area (Å²) in [6.45, 7) is 5.13. The smallest absolute Gasteiger partial charge is 0.257 e. The maximum atomic E-state index is 12.8. The fraction of sp³-hybridized carbons (Fsp3) is 0.400. The zero-order valence-corrected chi connectivity index (χ0v) is 16.3. The van der Waals surface area contributed by atoms with Crippen molar-refractivity contribution in [3.8, 4) is 11.5 Å². The summed E-state index contributed by atoms with van der Waals surface area (Å²) < 4.78 is 1.96. The summed E-state index contributed by atoms with van der Waals surface area (Å²) >= 11 is 0. The van der Waals surface area contributed by atoms with Crippen molar-refractivity contribution in [1.82, 2.24) is 34.4 Å².